The average Bonchev–Trinajstić information content (AvgIpc) is 2.38. The highest BCUT2D eigenvalue weighted by Gasteiger charge is 2.44. The van der Waals surface area contributed by atoms with Crippen LogP contribution in [-0.2, 0) is 4.74 Å². The van der Waals surface area contributed by atoms with E-state index in [4.69, 9.17) is 4.74 Å². The first-order valence-electron chi connectivity index (χ1n) is 8.02. The highest BCUT2D eigenvalue weighted by atomic mass is 16.6. The van der Waals surface area contributed by atoms with Gasteiger partial charge in [0.05, 0.1) is 6.04 Å². The number of likely N-dealkylation sites (tertiary alicyclic amines) is 1. The zero-order valence-electron chi connectivity index (χ0n) is 13.9. The summed E-state index contributed by atoms with van der Waals surface area (Å²) in [6.45, 7) is 10.3. The lowest BCUT2D eigenvalue weighted by molar-refractivity contribution is 0.0106. The number of pyridine rings is 1. The average molecular weight is 303 g/mol. The van der Waals surface area contributed by atoms with E-state index in [1.54, 1.807) is 0 Å². The fourth-order valence-corrected chi connectivity index (χ4v) is 3.24. The molecule has 2 aliphatic heterocycles. The molecule has 0 spiro atoms. The molecular formula is C17H25N3O2. The van der Waals surface area contributed by atoms with Crippen molar-refractivity contribution in [3.8, 4) is 0 Å². The Balaban J connectivity index is 1.66. The van der Waals surface area contributed by atoms with Crippen molar-refractivity contribution in [3.63, 3.8) is 0 Å². The summed E-state index contributed by atoms with van der Waals surface area (Å²) in [5.41, 5.74) is 0.589. The smallest absolute Gasteiger partial charge is 0.410 e. The summed E-state index contributed by atoms with van der Waals surface area (Å²) >= 11 is 0. The molecule has 1 aromatic heterocycles. The number of piperidine rings is 1. The SMILES string of the molecule is Cc1cccc(N2C[C@@H]3CCN(C(=O)OC(C)(C)C)C[C@@H]32)n1. The van der Waals surface area contributed by atoms with Gasteiger partial charge in [-0.05, 0) is 46.2 Å². The van der Waals surface area contributed by atoms with Gasteiger partial charge >= 0.3 is 6.09 Å². The Hall–Kier alpha value is -1.78. The highest BCUT2D eigenvalue weighted by Crippen LogP contribution is 2.36. The molecule has 0 unspecified atom stereocenters. The van der Waals surface area contributed by atoms with E-state index in [2.05, 4.69) is 16.0 Å². The van der Waals surface area contributed by atoms with Crippen LogP contribution in [0.1, 0.15) is 32.9 Å². The van der Waals surface area contributed by atoms with Crippen molar-refractivity contribution >= 4 is 11.9 Å². The minimum Gasteiger partial charge on any atom is -0.444 e. The zero-order chi connectivity index (χ0) is 15.9. The van der Waals surface area contributed by atoms with Crippen LogP contribution in [0.4, 0.5) is 10.6 Å². The van der Waals surface area contributed by atoms with E-state index >= 15 is 0 Å². The number of carbonyl (C=O) groups excluding carboxylic acids is 1. The molecule has 1 amide bonds. The summed E-state index contributed by atoms with van der Waals surface area (Å²) in [6, 6.07) is 6.47. The van der Waals surface area contributed by atoms with Gasteiger partial charge in [-0.3, -0.25) is 0 Å². The number of ether oxygens (including phenoxy) is 1. The molecule has 5 nitrogen and oxygen atoms in total. The monoisotopic (exact) mass is 303 g/mol. The van der Waals surface area contributed by atoms with Crippen LogP contribution in [0.5, 0.6) is 0 Å². The van der Waals surface area contributed by atoms with Crippen LogP contribution >= 0.6 is 0 Å². The summed E-state index contributed by atoms with van der Waals surface area (Å²) in [5, 5.41) is 0. The third-order valence-corrected chi connectivity index (χ3v) is 4.37. The number of carbonyl (C=O) groups is 1. The van der Waals surface area contributed by atoms with Gasteiger partial charge in [-0.2, -0.15) is 0 Å². The van der Waals surface area contributed by atoms with Crippen molar-refractivity contribution in [2.75, 3.05) is 24.5 Å². The van der Waals surface area contributed by atoms with Crippen molar-refractivity contribution < 1.29 is 9.53 Å². The Morgan fingerprint density at radius 3 is 2.77 bits per heavy atom. The first-order chi connectivity index (χ1) is 10.3. The number of nitrogens with zero attached hydrogens (tertiary/aromatic N) is 3. The number of hydrogen-bond donors (Lipinski definition) is 0. The van der Waals surface area contributed by atoms with Gasteiger partial charge in [0.25, 0.3) is 0 Å². The normalized spacial score (nSPS) is 24.5. The van der Waals surface area contributed by atoms with Crippen molar-refractivity contribution in [3.05, 3.63) is 23.9 Å². The molecule has 1 aromatic rings. The lowest BCUT2D eigenvalue weighted by Gasteiger charge is -2.53. The fourth-order valence-electron chi connectivity index (χ4n) is 3.24. The second-order valence-electron chi connectivity index (χ2n) is 7.33. The Morgan fingerprint density at radius 2 is 2.09 bits per heavy atom. The maximum atomic E-state index is 12.3. The van der Waals surface area contributed by atoms with Gasteiger partial charge in [0.15, 0.2) is 0 Å². The van der Waals surface area contributed by atoms with Crippen LogP contribution in [0.3, 0.4) is 0 Å². The number of amides is 1. The van der Waals surface area contributed by atoms with Gasteiger partial charge in [0, 0.05) is 31.2 Å². The van der Waals surface area contributed by atoms with Crippen molar-refractivity contribution in [1.29, 1.82) is 0 Å². The molecule has 0 saturated carbocycles. The number of anilines is 1. The topological polar surface area (TPSA) is 45.7 Å². The van der Waals surface area contributed by atoms with Gasteiger partial charge in [0.2, 0.25) is 0 Å². The summed E-state index contributed by atoms with van der Waals surface area (Å²) < 4.78 is 5.50. The molecule has 0 radical (unpaired) electrons. The van der Waals surface area contributed by atoms with Crippen LogP contribution in [0.2, 0.25) is 0 Å². The van der Waals surface area contributed by atoms with Gasteiger partial charge < -0.3 is 14.5 Å². The summed E-state index contributed by atoms with van der Waals surface area (Å²) in [6.07, 6.45) is 0.849. The fraction of sp³-hybridized carbons (Fsp3) is 0.647. The zero-order valence-corrected chi connectivity index (χ0v) is 13.9. The quantitative estimate of drug-likeness (QED) is 0.800. The van der Waals surface area contributed by atoms with E-state index in [0.29, 0.717) is 12.0 Å². The molecule has 0 aliphatic carbocycles. The lowest BCUT2D eigenvalue weighted by Crippen LogP contribution is -2.65. The van der Waals surface area contributed by atoms with Crippen LogP contribution in [-0.4, -0.2) is 47.3 Å². The Morgan fingerprint density at radius 1 is 1.32 bits per heavy atom. The molecule has 0 aromatic carbocycles. The van der Waals surface area contributed by atoms with E-state index in [1.165, 1.54) is 0 Å². The molecule has 2 saturated heterocycles. The molecule has 2 aliphatic rings. The molecule has 0 N–H and O–H groups in total. The van der Waals surface area contributed by atoms with Crippen LogP contribution in [0, 0.1) is 12.8 Å². The molecule has 3 rings (SSSR count). The Bertz CT molecular complexity index is 567. The van der Waals surface area contributed by atoms with E-state index in [9.17, 15) is 4.79 Å². The van der Waals surface area contributed by atoms with Crippen molar-refractivity contribution in [2.45, 2.75) is 45.8 Å². The van der Waals surface area contributed by atoms with E-state index in [0.717, 1.165) is 37.6 Å². The van der Waals surface area contributed by atoms with Crippen LogP contribution in [0.25, 0.3) is 0 Å². The van der Waals surface area contributed by atoms with E-state index in [-0.39, 0.29) is 6.09 Å². The number of aryl methyl sites for hydroxylation is 1. The third kappa shape index (κ3) is 3.03. The predicted octanol–water partition coefficient (Wildman–Crippen LogP) is 2.84. The number of aromatic nitrogens is 1. The van der Waals surface area contributed by atoms with Gasteiger partial charge in [-0.15, -0.1) is 0 Å². The van der Waals surface area contributed by atoms with Crippen LogP contribution in [0.15, 0.2) is 18.2 Å². The second kappa shape index (κ2) is 5.45. The third-order valence-electron chi connectivity index (χ3n) is 4.37. The first-order valence-corrected chi connectivity index (χ1v) is 8.02. The molecule has 2 fully saturated rings. The molecular weight excluding hydrogens is 278 g/mol. The Labute approximate surface area is 132 Å². The minimum atomic E-state index is -0.439. The lowest BCUT2D eigenvalue weighted by atomic mass is 9.82. The molecule has 3 heterocycles. The standard InChI is InChI=1S/C17H25N3O2/c1-12-6-5-7-15(18-12)20-10-13-8-9-19(11-14(13)20)16(21)22-17(2,3)4/h5-7,13-14H,8-11H2,1-4H3/t13-,14-/m0/s1. The summed E-state index contributed by atoms with van der Waals surface area (Å²) in [7, 11) is 0. The maximum absolute atomic E-state index is 12.3. The van der Waals surface area contributed by atoms with Crippen LogP contribution < -0.4 is 4.90 Å². The minimum absolute atomic E-state index is 0.199. The summed E-state index contributed by atoms with van der Waals surface area (Å²) in [5.74, 6) is 1.69. The Kier molecular flexibility index (Phi) is 3.75. The van der Waals surface area contributed by atoms with Crippen molar-refractivity contribution in [1.82, 2.24) is 9.88 Å². The molecule has 22 heavy (non-hydrogen) atoms. The highest BCUT2D eigenvalue weighted by molar-refractivity contribution is 5.68. The first kappa shape index (κ1) is 15.1. The second-order valence-corrected chi connectivity index (χ2v) is 7.33. The van der Waals surface area contributed by atoms with Gasteiger partial charge in [-0.1, -0.05) is 6.07 Å². The number of rotatable bonds is 1. The predicted molar refractivity (Wildman–Crippen MR) is 86.0 cm³/mol. The summed E-state index contributed by atoms with van der Waals surface area (Å²) in [4.78, 5) is 21.0. The maximum Gasteiger partial charge on any atom is 0.410 e. The molecule has 120 valence electrons. The molecule has 0 bridgehead atoms. The van der Waals surface area contributed by atoms with Gasteiger partial charge in [0.1, 0.15) is 11.4 Å². The van der Waals surface area contributed by atoms with Crippen molar-refractivity contribution in [2.24, 2.45) is 5.92 Å². The van der Waals surface area contributed by atoms with E-state index < -0.39 is 5.60 Å². The van der Waals surface area contributed by atoms with E-state index in [1.807, 2.05) is 44.7 Å². The molecule has 5 heteroatoms. The molecule has 2 atom stereocenters. The number of fused-ring (bicyclic) bond motifs is 1. The largest absolute Gasteiger partial charge is 0.444 e. The number of hydrogen-bond acceptors (Lipinski definition) is 4. The van der Waals surface area contributed by atoms with Gasteiger partial charge in [-0.25, -0.2) is 9.78 Å².